The highest BCUT2D eigenvalue weighted by molar-refractivity contribution is 6.31. The van der Waals surface area contributed by atoms with Crippen LogP contribution in [0.15, 0.2) is 18.2 Å². The molecule has 0 aromatic heterocycles. The van der Waals surface area contributed by atoms with Gasteiger partial charge in [-0.1, -0.05) is 17.7 Å². The van der Waals surface area contributed by atoms with Crippen LogP contribution in [0.4, 0.5) is 9.18 Å². The Morgan fingerprint density at radius 3 is 2.71 bits per heavy atom. The highest BCUT2D eigenvalue weighted by Crippen LogP contribution is 2.20. The van der Waals surface area contributed by atoms with Gasteiger partial charge in [0.2, 0.25) is 0 Å². The summed E-state index contributed by atoms with van der Waals surface area (Å²) in [7, 11) is 1.67. The maximum Gasteiger partial charge on any atom is 0.317 e. The van der Waals surface area contributed by atoms with E-state index in [1.54, 1.807) is 13.1 Å². The van der Waals surface area contributed by atoms with Gasteiger partial charge in [0, 0.05) is 24.7 Å². The van der Waals surface area contributed by atoms with E-state index in [0.29, 0.717) is 17.1 Å². The summed E-state index contributed by atoms with van der Waals surface area (Å²) in [6.45, 7) is 0.320. The van der Waals surface area contributed by atoms with Gasteiger partial charge in [0.15, 0.2) is 0 Å². The summed E-state index contributed by atoms with van der Waals surface area (Å²) in [5.74, 6) is -0.392. The zero-order valence-corrected chi connectivity index (χ0v) is 12.7. The third kappa shape index (κ3) is 4.58. The van der Waals surface area contributed by atoms with Crippen LogP contribution < -0.4 is 5.32 Å². The van der Waals surface area contributed by atoms with Crippen molar-refractivity contribution in [2.75, 3.05) is 7.05 Å². The number of urea groups is 1. The highest BCUT2D eigenvalue weighted by atomic mass is 35.5. The second-order valence-electron chi connectivity index (χ2n) is 5.55. The molecule has 0 unspecified atom stereocenters. The number of aliphatic hydroxyl groups excluding tert-OH is 1. The number of halogens is 2. The van der Waals surface area contributed by atoms with Gasteiger partial charge in [-0.2, -0.15) is 0 Å². The summed E-state index contributed by atoms with van der Waals surface area (Å²) in [5.41, 5.74) is 0.704. The van der Waals surface area contributed by atoms with Crippen LogP contribution in [-0.4, -0.2) is 35.2 Å². The molecule has 0 radical (unpaired) electrons. The van der Waals surface area contributed by atoms with Gasteiger partial charge < -0.3 is 15.3 Å². The highest BCUT2D eigenvalue weighted by Gasteiger charge is 2.22. The monoisotopic (exact) mass is 314 g/mol. The fraction of sp³-hybridized carbons (Fsp3) is 0.533. The van der Waals surface area contributed by atoms with Gasteiger partial charge >= 0.3 is 6.03 Å². The number of carbonyl (C=O) groups excluding carboxylic acids is 1. The van der Waals surface area contributed by atoms with E-state index in [0.717, 1.165) is 25.7 Å². The van der Waals surface area contributed by atoms with Crippen LogP contribution in [0.1, 0.15) is 31.2 Å². The van der Waals surface area contributed by atoms with Crippen molar-refractivity contribution in [1.82, 2.24) is 10.2 Å². The minimum atomic E-state index is -0.392. The number of amides is 2. The zero-order valence-electron chi connectivity index (χ0n) is 12.0. The molecule has 2 N–H and O–H groups in total. The minimum absolute atomic E-state index is 0.104. The molecule has 0 spiro atoms. The van der Waals surface area contributed by atoms with E-state index >= 15 is 0 Å². The predicted octanol–water partition coefficient (Wildman–Crippen LogP) is 2.92. The number of aliphatic hydroxyl groups is 1. The van der Waals surface area contributed by atoms with Crippen molar-refractivity contribution in [3.63, 3.8) is 0 Å². The quantitative estimate of drug-likeness (QED) is 0.901. The average Bonchev–Trinajstić information content (AvgIpc) is 2.44. The lowest BCUT2D eigenvalue weighted by Crippen LogP contribution is -2.44. The molecule has 2 rings (SSSR count). The van der Waals surface area contributed by atoms with Crippen molar-refractivity contribution in [2.24, 2.45) is 0 Å². The Morgan fingerprint density at radius 1 is 1.43 bits per heavy atom. The number of nitrogens with one attached hydrogen (secondary N) is 1. The van der Waals surface area contributed by atoms with Crippen LogP contribution in [-0.2, 0) is 6.54 Å². The van der Waals surface area contributed by atoms with Gasteiger partial charge in [0.1, 0.15) is 5.82 Å². The molecule has 1 fully saturated rings. The second kappa shape index (κ2) is 7.09. The molecular formula is C15H20ClFN2O2. The van der Waals surface area contributed by atoms with E-state index in [4.69, 9.17) is 11.6 Å². The smallest absolute Gasteiger partial charge is 0.317 e. The second-order valence-corrected chi connectivity index (χ2v) is 5.95. The van der Waals surface area contributed by atoms with E-state index in [-0.39, 0.29) is 18.2 Å². The van der Waals surface area contributed by atoms with Gasteiger partial charge in [-0.05, 0) is 43.4 Å². The lowest BCUT2D eigenvalue weighted by atomic mass is 9.93. The summed E-state index contributed by atoms with van der Waals surface area (Å²) in [6.07, 6.45) is 2.78. The van der Waals surface area contributed by atoms with E-state index < -0.39 is 5.82 Å². The van der Waals surface area contributed by atoms with Gasteiger partial charge in [-0.3, -0.25) is 0 Å². The van der Waals surface area contributed by atoms with E-state index in [1.165, 1.54) is 17.0 Å². The van der Waals surface area contributed by atoms with Crippen LogP contribution in [0.5, 0.6) is 0 Å². The molecule has 1 aromatic carbocycles. The molecule has 0 atom stereocenters. The van der Waals surface area contributed by atoms with Crippen molar-refractivity contribution in [1.29, 1.82) is 0 Å². The van der Waals surface area contributed by atoms with Crippen molar-refractivity contribution in [2.45, 2.75) is 44.4 Å². The predicted molar refractivity (Wildman–Crippen MR) is 79.7 cm³/mol. The summed E-state index contributed by atoms with van der Waals surface area (Å²) < 4.78 is 13.0. The van der Waals surface area contributed by atoms with E-state index in [9.17, 15) is 14.3 Å². The maximum absolute atomic E-state index is 13.0. The first-order chi connectivity index (χ1) is 9.95. The number of nitrogens with zero attached hydrogens (tertiary/aromatic N) is 1. The standard InChI is InChI=1S/C15H20ClFN2O2/c1-19(9-10-2-3-11(17)8-14(10)16)15(21)18-12-4-6-13(20)7-5-12/h2-3,8,12-13,20H,4-7,9H2,1H3,(H,18,21). The Morgan fingerprint density at radius 2 is 2.10 bits per heavy atom. The maximum atomic E-state index is 13.0. The molecule has 4 nitrogen and oxygen atoms in total. The lowest BCUT2D eigenvalue weighted by Gasteiger charge is -2.28. The largest absolute Gasteiger partial charge is 0.393 e. The molecule has 1 aliphatic rings. The Labute approximate surface area is 128 Å². The fourth-order valence-corrected chi connectivity index (χ4v) is 2.71. The molecule has 1 aliphatic carbocycles. The minimum Gasteiger partial charge on any atom is -0.393 e. The summed E-state index contributed by atoms with van der Waals surface area (Å²) in [5, 5.41) is 12.7. The Balaban J connectivity index is 1.87. The van der Waals surface area contributed by atoms with Gasteiger partial charge in [0.05, 0.1) is 6.10 Å². The topological polar surface area (TPSA) is 52.6 Å². The van der Waals surface area contributed by atoms with Crippen LogP contribution >= 0.6 is 11.6 Å². The first-order valence-electron chi connectivity index (χ1n) is 7.09. The van der Waals surface area contributed by atoms with Crippen molar-refractivity contribution in [3.05, 3.63) is 34.6 Å². The molecule has 0 bridgehead atoms. The van der Waals surface area contributed by atoms with Crippen LogP contribution in [0.3, 0.4) is 0 Å². The van der Waals surface area contributed by atoms with Crippen molar-refractivity contribution < 1.29 is 14.3 Å². The van der Waals surface area contributed by atoms with Crippen molar-refractivity contribution in [3.8, 4) is 0 Å². The summed E-state index contributed by atoms with van der Waals surface area (Å²) in [4.78, 5) is 13.6. The number of hydrogen-bond acceptors (Lipinski definition) is 2. The normalized spacial score (nSPS) is 21.9. The van der Waals surface area contributed by atoms with Crippen LogP contribution in [0.25, 0.3) is 0 Å². The third-order valence-corrected chi connectivity index (χ3v) is 4.15. The first kappa shape index (κ1) is 16.0. The van der Waals surface area contributed by atoms with E-state index in [2.05, 4.69) is 5.32 Å². The number of hydrogen-bond donors (Lipinski definition) is 2. The van der Waals surface area contributed by atoms with Gasteiger partial charge in [-0.25, -0.2) is 9.18 Å². The lowest BCUT2D eigenvalue weighted by molar-refractivity contribution is 0.115. The molecule has 6 heteroatoms. The Bertz CT molecular complexity index is 504. The third-order valence-electron chi connectivity index (χ3n) is 3.79. The molecule has 0 aliphatic heterocycles. The Hall–Kier alpha value is -1.33. The van der Waals surface area contributed by atoms with Gasteiger partial charge in [0.25, 0.3) is 0 Å². The molecule has 21 heavy (non-hydrogen) atoms. The van der Waals surface area contributed by atoms with E-state index in [1.807, 2.05) is 0 Å². The number of benzene rings is 1. The Kier molecular flexibility index (Phi) is 5.42. The molecule has 116 valence electrons. The average molecular weight is 315 g/mol. The molecule has 0 heterocycles. The van der Waals surface area contributed by atoms with Crippen LogP contribution in [0, 0.1) is 5.82 Å². The van der Waals surface area contributed by atoms with Crippen molar-refractivity contribution >= 4 is 17.6 Å². The van der Waals surface area contributed by atoms with Crippen LogP contribution in [0.2, 0.25) is 5.02 Å². The summed E-state index contributed by atoms with van der Waals surface area (Å²) >= 11 is 5.96. The number of carbonyl (C=O) groups is 1. The molecule has 1 aromatic rings. The molecule has 2 amide bonds. The zero-order chi connectivity index (χ0) is 15.4. The first-order valence-corrected chi connectivity index (χ1v) is 7.47. The van der Waals surface area contributed by atoms with Gasteiger partial charge in [-0.15, -0.1) is 0 Å². The molecule has 1 saturated carbocycles. The molecular weight excluding hydrogens is 295 g/mol. The summed E-state index contributed by atoms with van der Waals surface area (Å²) in [6, 6.07) is 4.07. The SMILES string of the molecule is CN(Cc1ccc(F)cc1Cl)C(=O)NC1CCC(O)CC1. The fourth-order valence-electron chi connectivity index (χ4n) is 2.48. The number of rotatable bonds is 3. The molecule has 0 saturated heterocycles.